The number of hydrogen-bond acceptors (Lipinski definition) is 5. The molecule has 0 atom stereocenters. The van der Waals surface area contributed by atoms with E-state index in [2.05, 4.69) is 61.7 Å². The van der Waals surface area contributed by atoms with Gasteiger partial charge < -0.3 is 20.4 Å². The zero-order valence-electron chi connectivity index (χ0n) is 22.0. The predicted molar refractivity (Wildman–Crippen MR) is 163 cm³/mol. The molecule has 6 rings (SSSR count). The van der Waals surface area contributed by atoms with Crippen molar-refractivity contribution >= 4 is 57.2 Å². The summed E-state index contributed by atoms with van der Waals surface area (Å²) in [6.45, 7) is 5.96. The number of aromatic nitrogens is 2. The molecule has 7 nitrogen and oxygen atoms in total. The van der Waals surface area contributed by atoms with E-state index in [1.807, 2.05) is 67.8 Å². The van der Waals surface area contributed by atoms with Crippen molar-refractivity contribution in [2.75, 3.05) is 48.8 Å². The van der Waals surface area contributed by atoms with E-state index in [0.29, 0.717) is 0 Å². The average Bonchev–Trinajstić information content (AvgIpc) is 2.93. The van der Waals surface area contributed by atoms with Crippen LogP contribution < -0.4 is 15.5 Å². The molecule has 1 aliphatic heterocycles. The Morgan fingerprint density at radius 2 is 1.62 bits per heavy atom. The average molecular weight is 539 g/mol. The van der Waals surface area contributed by atoms with Gasteiger partial charge in [-0.15, -0.1) is 12.4 Å². The van der Waals surface area contributed by atoms with E-state index >= 15 is 0 Å². The van der Waals surface area contributed by atoms with Gasteiger partial charge in [0.25, 0.3) is 0 Å². The molecule has 2 amide bonds. The molecule has 3 heterocycles. The number of amides is 2. The number of hydrogen-bond donors (Lipinski definition) is 2. The molecule has 0 radical (unpaired) electrons. The molecule has 2 N–H and O–H groups in total. The fourth-order valence-electron chi connectivity index (χ4n) is 5.12. The third-order valence-electron chi connectivity index (χ3n) is 7.21. The summed E-state index contributed by atoms with van der Waals surface area (Å²) < 4.78 is 0. The maximum absolute atomic E-state index is 13.1. The number of aryl methyl sites for hydroxylation is 1. The summed E-state index contributed by atoms with van der Waals surface area (Å²) in [6, 6.07) is 23.8. The van der Waals surface area contributed by atoms with Crippen LogP contribution in [0, 0.1) is 6.92 Å². The quantitative estimate of drug-likeness (QED) is 0.270. The van der Waals surface area contributed by atoms with Gasteiger partial charge in [-0.25, -0.2) is 4.79 Å². The summed E-state index contributed by atoms with van der Waals surface area (Å²) in [5, 5.41) is 9.15. The first-order valence-electron chi connectivity index (χ1n) is 12.9. The molecule has 198 valence electrons. The fourth-order valence-corrected chi connectivity index (χ4v) is 5.12. The first-order chi connectivity index (χ1) is 18.5. The summed E-state index contributed by atoms with van der Waals surface area (Å²) >= 11 is 0. The van der Waals surface area contributed by atoms with Crippen molar-refractivity contribution in [3.05, 3.63) is 90.9 Å². The summed E-state index contributed by atoms with van der Waals surface area (Å²) in [5.74, 6) is 0. The summed E-state index contributed by atoms with van der Waals surface area (Å²) in [6.07, 6.45) is 3.75. The second-order valence-electron chi connectivity index (χ2n) is 9.83. The molecular formula is C31H31ClN6O. The molecule has 0 aliphatic carbocycles. The molecule has 0 saturated carbocycles. The number of likely N-dealkylation sites (N-methyl/N-ethyl adjacent to an activating group) is 1. The lowest BCUT2D eigenvalue weighted by Gasteiger charge is -2.34. The molecule has 1 aliphatic rings. The van der Waals surface area contributed by atoms with Gasteiger partial charge in [0.2, 0.25) is 0 Å². The Morgan fingerprint density at radius 1 is 0.821 bits per heavy atom. The summed E-state index contributed by atoms with van der Waals surface area (Å²) in [4.78, 5) is 26.8. The smallest absolute Gasteiger partial charge is 0.323 e. The lowest BCUT2D eigenvalue weighted by Crippen LogP contribution is -2.44. The van der Waals surface area contributed by atoms with E-state index in [1.165, 1.54) is 0 Å². The number of benzene rings is 3. The molecule has 2 aromatic heterocycles. The minimum absolute atomic E-state index is 0. The Bertz CT molecular complexity index is 1630. The second-order valence-corrected chi connectivity index (χ2v) is 9.83. The first kappa shape index (κ1) is 26.4. The van der Waals surface area contributed by atoms with Crippen molar-refractivity contribution < 1.29 is 4.79 Å². The first-order valence-corrected chi connectivity index (χ1v) is 12.9. The number of carbonyl (C=O) groups excluding carboxylic acids is 1. The zero-order chi connectivity index (χ0) is 26.1. The number of nitrogens with zero attached hydrogens (tertiary/aromatic N) is 4. The van der Waals surface area contributed by atoms with Crippen molar-refractivity contribution in [3.63, 3.8) is 0 Å². The molecule has 0 bridgehead atoms. The number of rotatable bonds is 4. The van der Waals surface area contributed by atoms with Gasteiger partial charge >= 0.3 is 6.03 Å². The molecule has 5 aromatic rings. The van der Waals surface area contributed by atoms with Crippen molar-refractivity contribution in [1.29, 1.82) is 0 Å². The van der Waals surface area contributed by atoms with Gasteiger partial charge in [-0.05, 0) is 61.3 Å². The SMILES string of the molecule is Cc1ccc(-c2cccc3c(NC(=O)Nc4ccc5nccc(N6CCN(C)CC6)c5c4)cccc23)cn1.Cl. The van der Waals surface area contributed by atoms with Crippen molar-refractivity contribution in [1.82, 2.24) is 14.9 Å². The largest absolute Gasteiger partial charge is 0.368 e. The van der Waals surface area contributed by atoms with E-state index in [9.17, 15) is 4.79 Å². The zero-order valence-corrected chi connectivity index (χ0v) is 22.8. The number of nitrogens with one attached hydrogen (secondary N) is 2. The minimum Gasteiger partial charge on any atom is -0.368 e. The van der Waals surface area contributed by atoms with E-state index in [0.717, 1.165) is 81.7 Å². The van der Waals surface area contributed by atoms with Crippen molar-refractivity contribution in [3.8, 4) is 11.1 Å². The van der Waals surface area contributed by atoms with Crippen LogP contribution in [0.2, 0.25) is 0 Å². The van der Waals surface area contributed by atoms with Crippen molar-refractivity contribution in [2.45, 2.75) is 6.92 Å². The van der Waals surface area contributed by atoms with Crippen LogP contribution in [0.5, 0.6) is 0 Å². The van der Waals surface area contributed by atoms with Gasteiger partial charge in [-0.3, -0.25) is 9.97 Å². The molecule has 39 heavy (non-hydrogen) atoms. The third kappa shape index (κ3) is 5.50. The lowest BCUT2D eigenvalue weighted by atomic mass is 9.98. The Hall–Kier alpha value is -4.20. The number of carbonyl (C=O) groups is 1. The minimum atomic E-state index is -0.288. The van der Waals surface area contributed by atoms with Crippen LogP contribution in [0.3, 0.4) is 0 Å². The van der Waals surface area contributed by atoms with Crippen LogP contribution in [-0.4, -0.2) is 54.1 Å². The van der Waals surface area contributed by atoms with Crippen LogP contribution >= 0.6 is 12.4 Å². The second kappa shape index (κ2) is 11.3. The molecule has 0 spiro atoms. The molecule has 3 aromatic carbocycles. The third-order valence-corrected chi connectivity index (χ3v) is 7.21. The van der Waals surface area contributed by atoms with Crippen LogP contribution in [-0.2, 0) is 0 Å². The highest BCUT2D eigenvalue weighted by Crippen LogP contribution is 2.33. The highest BCUT2D eigenvalue weighted by Gasteiger charge is 2.17. The topological polar surface area (TPSA) is 73.4 Å². The number of anilines is 3. The maximum Gasteiger partial charge on any atom is 0.323 e. The highest BCUT2D eigenvalue weighted by atomic mass is 35.5. The van der Waals surface area contributed by atoms with Crippen LogP contribution in [0.4, 0.5) is 21.9 Å². The van der Waals surface area contributed by atoms with Crippen molar-refractivity contribution in [2.24, 2.45) is 0 Å². The van der Waals surface area contributed by atoms with Gasteiger partial charge in [-0.1, -0.05) is 36.4 Å². The van der Waals surface area contributed by atoms with Gasteiger partial charge in [-0.2, -0.15) is 0 Å². The monoisotopic (exact) mass is 538 g/mol. The number of piperazine rings is 1. The number of pyridine rings is 2. The van der Waals surface area contributed by atoms with E-state index < -0.39 is 0 Å². The number of urea groups is 1. The Balaban J connectivity index is 0.00000308. The van der Waals surface area contributed by atoms with Crippen LogP contribution in [0.25, 0.3) is 32.8 Å². The van der Waals surface area contributed by atoms with Gasteiger partial charge in [0.05, 0.1) is 11.2 Å². The van der Waals surface area contributed by atoms with Crippen LogP contribution in [0.1, 0.15) is 5.69 Å². The Morgan fingerprint density at radius 3 is 2.41 bits per heavy atom. The molecular weight excluding hydrogens is 508 g/mol. The fraction of sp³-hybridized carbons (Fsp3) is 0.194. The maximum atomic E-state index is 13.1. The van der Waals surface area contributed by atoms with Gasteiger partial charge in [0.1, 0.15) is 0 Å². The normalized spacial score (nSPS) is 13.7. The molecule has 1 fully saturated rings. The molecule has 1 saturated heterocycles. The van der Waals surface area contributed by atoms with E-state index in [1.54, 1.807) is 0 Å². The number of fused-ring (bicyclic) bond motifs is 2. The summed E-state index contributed by atoms with van der Waals surface area (Å²) in [7, 11) is 2.15. The molecule has 0 unspecified atom stereocenters. The highest BCUT2D eigenvalue weighted by molar-refractivity contribution is 6.09. The van der Waals surface area contributed by atoms with Gasteiger partial charge in [0, 0.05) is 72.0 Å². The Labute approximate surface area is 234 Å². The van der Waals surface area contributed by atoms with Gasteiger partial charge in [0.15, 0.2) is 0 Å². The van der Waals surface area contributed by atoms with E-state index in [4.69, 9.17) is 0 Å². The van der Waals surface area contributed by atoms with E-state index in [-0.39, 0.29) is 18.4 Å². The summed E-state index contributed by atoms with van der Waals surface area (Å²) in [5.41, 5.74) is 6.65. The lowest BCUT2D eigenvalue weighted by molar-refractivity contribution is 0.262. The van der Waals surface area contributed by atoms with Crippen LogP contribution in [0.15, 0.2) is 85.2 Å². The predicted octanol–water partition coefficient (Wildman–Crippen LogP) is 6.58. The standard InChI is InChI=1S/C31H30N6O.ClH/c1-21-9-10-22(20-33-21)24-5-3-7-26-25(24)6-4-8-29(26)35-31(38)34-23-11-12-28-27(19-23)30(13-14-32-28)37-17-15-36(2)16-18-37;/h3-14,19-20H,15-18H2,1-2H3,(H2,34,35,38);1H. The number of halogens is 1. The Kier molecular flexibility index (Phi) is 7.63. The molecule has 8 heteroatoms.